The molecule has 72 heavy (non-hydrogen) atoms. The van der Waals surface area contributed by atoms with E-state index in [9.17, 15) is 28.9 Å². The molecule has 410 valence electrons. The Morgan fingerprint density at radius 1 is 0.403 bits per heavy atom. The van der Waals surface area contributed by atoms with Gasteiger partial charge < -0.3 is 24.2 Å². The third kappa shape index (κ3) is 51.1. The van der Waals surface area contributed by atoms with Crippen molar-refractivity contribution in [2.45, 2.75) is 226 Å². The van der Waals surface area contributed by atoms with Crippen LogP contribution in [0.1, 0.15) is 213 Å². The Balaban J connectivity index is 4.87. The molecule has 0 aliphatic carbocycles. The second-order valence-electron chi connectivity index (χ2n) is 18.0. The first-order valence-electron chi connectivity index (χ1n) is 27.8. The van der Waals surface area contributed by atoms with Gasteiger partial charge in [-0.2, -0.15) is 0 Å². The van der Waals surface area contributed by atoms with Crippen LogP contribution in [0.2, 0.25) is 0 Å². The van der Waals surface area contributed by atoms with Gasteiger partial charge in [-0.3, -0.25) is 23.4 Å². The molecule has 0 amide bonds. The van der Waals surface area contributed by atoms with Crippen molar-refractivity contribution in [2.24, 2.45) is 0 Å². The van der Waals surface area contributed by atoms with Crippen LogP contribution in [0.15, 0.2) is 109 Å². The van der Waals surface area contributed by atoms with Gasteiger partial charge in [0.1, 0.15) is 12.7 Å². The Morgan fingerprint density at radius 3 is 1.21 bits per heavy atom. The van der Waals surface area contributed by atoms with Crippen LogP contribution < -0.4 is 0 Å². The van der Waals surface area contributed by atoms with Gasteiger partial charge in [-0.15, -0.1) is 0 Å². The first-order chi connectivity index (χ1) is 35.2. The van der Waals surface area contributed by atoms with Gasteiger partial charge in [0, 0.05) is 19.3 Å². The van der Waals surface area contributed by atoms with E-state index >= 15 is 0 Å². The van der Waals surface area contributed by atoms with Crippen molar-refractivity contribution in [3.63, 3.8) is 0 Å². The second kappa shape index (κ2) is 53.4. The van der Waals surface area contributed by atoms with Gasteiger partial charge in [-0.25, -0.2) is 4.57 Å². The van der Waals surface area contributed by atoms with Crippen LogP contribution >= 0.6 is 7.82 Å². The summed E-state index contributed by atoms with van der Waals surface area (Å²) in [5.74, 6) is -1.58. The molecule has 0 aliphatic rings. The predicted molar refractivity (Wildman–Crippen MR) is 297 cm³/mol. The zero-order valence-electron chi connectivity index (χ0n) is 45.1. The van der Waals surface area contributed by atoms with Gasteiger partial charge in [-0.1, -0.05) is 188 Å². The fourth-order valence-electron chi connectivity index (χ4n) is 6.93. The summed E-state index contributed by atoms with van der Waals surface area (Å²) >= 11 is 0. The van der Waals surface area contributed by atoms with Gasteiger partial charge in [0.2, 0.25) is 0 Å². The maximum absolute atomic E-state index is 12.9. The number of allylic oxidation sites excluding steroid dienone is 18. The number of esters is 3. The Hall–Kier alpha value is -3.86. The van der Waals surface area contributed by atoms with E-state index in [0.717, 1.165) is 128 Å². The number of unbranched alkanes of at least 4 members (excludes halogenated alkanes) is 15. The number of carbonyl (C=O) groups excluding carboxylic acids is 3. The van der Waals surface area contributed by atoms with Gasteiger partial charge in [0.15, 0.2) is 6.10 Å². The van der Waals surface area contributed by atoms with Crippen LogP contribution in [-0.2, 0) is 42.2 Å². The number of aliphatic hydroxyl groups excluding tert-OH is 1. The van der Waals surface area contributed by atoms with Gasteiger partial charge in [0.05, 0.1) is 19.8 Å². The maximum atomic E-state index is 12.9. The molecule has 2 N–H and O–H groups in total. The van der Waals surface area contributed by atoms with Crippen molar-refractivity contribution in [1.29, 1.82) is 0 Å². The molecule has 0 aromatic carbocycles. The Bertz CT molecular complexity index is 1620. The molecule has 0 aromatic heterocycles. The molecule has 0 heterocycles. The lowest BCUT2D eigenvalue weighted by atomic mass is 10.1. The molecule has 0 aliphatic heterocycles. The van der Waals surface area contributed by atoms with Crippen molar-refractivity contribution in [1.82, 2.24) is 0 Å². The first-order valence-corrected chi connectivity index (χ1v) is 29.3. The smallest absolute Gasteiger partial charge is 0.462 e. The third-order valence-electron chi connectivity index (χ3n) is 11.1. The average molecular weight is 1030 g/mol. The molecule has 0 bridgehead atoms. The average Bonchev–Trinajstić information content (AvgIpc) is 3.37. The molecule has 0 fully saturated rings. The Kier molecular flexibility index (Phi) is 50.6. The number of hydrogen-bond donors (Lipinski definition) is 2. The van der Waals surface area contributed by atoms with E-state index in [4.69, 9.17) is 23.3 Å². The van der Waals surface area contributed by atoms with Crippen LogP contribution in [0.4, 0.5) is 0 Å². The van der Waals surface area contributed by atoms with Crippen molar-refractivity contribution >= 4 is 25.7 Å². The first kappa shape index (κ1) is 68.1. The zero-order chi connectivity index (χ0) is 52.7. The molecule has 0 radical (unpaired) electrons. The SMILES string of the molecule is CC/C=C\C/C=C\C/C=C\C/C=C\C/C=C\CCCC(=O)OCC(COP(=O)(O)OCC(CO)OC(=O)CCCCCCC/C=C\C/C=C\CCC)OC(=O)CCCCCCC/C=C\C/C=C\CCCCC. The molecule has 11 nitrogen and oxygen atoms in total. The summed E-state index contributed by atoms with van der Waals surface area (Å²) in [6.07, 6.45) is 63.4. The minimum atomic E-state index is -4.77. The molecule has 0 saturated heterocycles. The van der Waals surface area contributed by atoms with Gasteiger partial charge in [-0.05, 0) is 116 Å². The lowest BCUT2D eigenvalue weighted by Gasteiger charge is -2.21. The van der Waals surface area contributed by atoms with Crippen LogP contribution in [-0.4, -0.2) is 66.5 Å². The van der Waals surface area contributed by atoms with Crippen molar-refractivity contribution in [2.75, 3.05) is 26.4 Å². The van der Waals surface area contributed by atoms with E-state index in [1.54, 1.807) is 0 Å². The third-order valence-corrected chi connectivity index (χ3v) is 12.1. The second-order valence-corrected chi connectivity index (χ2v) is 19.5. The summed E-state index contributed by atoms with van der Waals surface area (Å²) < 4.78 is 39.4. The van der Waals surface area contributed by atoms with E-state index < -0.39 is 57.8 Å². The molecule has 0 saturated carbocycles. The highest BCUT2D eigenvalue weighted by atomic mass is 31.2. The number of phosphoric acid groups is 1. The quantitative estimate of drug-likeness (QED) is 0.0197. The lowest BCUT2D eigenvalue weighted by molar-refractivity contribution is -0.161. The molecule has 3 atom stereocenters. The highest BCUT2D eigenvalue weighted by Gasteiger charge is 2.28. The molecule has 3 unspecified atom stereocenters. The van der Waals surface area contributed by atoms with Gasteiger partial charge in [0.25, 0.3) is 0 Å². The van der Waals surface area contributed by atoms with E-state index in [1.807, 2.05) is 6.08 Å². The summed E-state index contributed by atoms with van der Waals surface area (Å²) in [7, 11) is -4.77. The number of phosphoric ester groups is 1. The number of ether oxygens (including phenoxy) is 3. The Labute approximate surface area is 437 Å². The molecular weight excluding hydrogens is 928 g/mol. The zero-order valence-corrected chi connectivity index (χ0v) is 46.0. The largest absolute Gasteiger partial charge is 0.472 e. The highest BCUT2D eigenvalue weighted by Crippen LogP contribution is 2.43. The van der Waals surface area contributed by atoms with Crippen molar-refractivity contribution in [3.05, 3.63) is 109 Å². The van der Waals surface area contributed by atoms with Gasteiger partial charge >= 0.3 is 25.7 Å². The fraction of sp³-hybridized carbons (Fsp3) is 0.650. The van der Waals surface area contributed by atoms with Crippen LogP contribution in [0.25, 0.3) is 0 Å². The van der Waals surface area contributed by atoms with E-state index in [0.29, 0.717) is 25.7 Å². The summed E-state index contributed by atoms with van der Waals surface area (Å²) in [6, 6.07) is 0. The number of rotatable bonds is 50. The normalized spacial score (nSPS) is 14.2. The summed E-state index contributed by atoms with van der Waals surface area (Å²) in [6.45, 7) is 4.32. The van der Waals surface area contributed by atoms with Crippen molar-refractivity contribution < 1.29 is 52.2 Å². The molecule has 12 heteroatoms. The predicted octanol–water partition coefficient (Wildman–Crippen LogP) is 16.2. The standard InChI is InChI=1S/C60H99O11P/c1-4-7-10-13-16-19-22-25-27-28-30-32-34-37-40-43-46-49-58(62)67-53-57(71-60(64)51-48-45-42-39-36-33-29-26-23-20-17-14-11-8-5-2)55-69-72(65,66)68-54-56(52-61)70-59(63)50-47-44-41-38-35-31-24-21-18-15-12-9-6-3/h7,10,12,15-17,19-21,24-27,29-30,32,37,40,56-57,61H,4-6,8-9,11,13-14,18,22-23,28,31,33-36,38-39,41-55H2,1-3H3,(H,65,66)/b10-7-,15-12-,19-16-,20-17-,24-21-,27-25-,29-26-,32-30-,40-37-. The minimum Gasteiger partial charge on any atom is -0.462 e. The molecular formula is C60H99O11P. The van der Waals surface area contributed by atoms with Crippen molar-refractivity contribution in [3.8, 4) is 0 Å². The lowest BCUT2D eigenvalue weighted by Crippen LogP contribution is -2.30. The summed E-state index contributed by atoms with van der Waals surface area (Å²) in [4.78, 5) is 48.4. The monoisotopic (exact) mass is 1030 g/mol. The summed E-state index contributed by atoms with van der Waals surface area (Å²) in [5.41, 5.74) is 0. The molecule has 0 spiro atoms. The number of aliphatic hydroxyl groups is 1. The van der Waals surface area contributed by atoms with E-state index in [-0.39, 0.29) is 25.9 Å². The highest BCUT2D eigenvalue weighted by molar-refractivity contribution is 7.47. The summed E-state index contributed by atoms with van der Waals surface area (Å²) in [5, 5.41) is 9.79. The number of hydrogen-bond acceptors (Lipinski definition) is 10. The van der Waals surface area contributed by atoms with Crippen LogP contribution in [0.3, 0.4) is 0 Å². The fourth-order valence-corrected chi connectivity index (χ4v) is 7.71. The van der Waals surface area contributed by atoms with Crippen LogP contribution in [0.5, 0.6) is 0 Å². The topological polar surface area (TPSA) is 155 Å². The number of carbonyl (C=O) groups is 3. The van der Waals surface area contributed by atoms with E-state index in [1.165, 1.54) is 19.3 Å². The maximum Gasteiger partial charge on any atom is 0.472 e. The molecule has 0 rings (SSSR count). The minimum absolute atomic E-state index is 0.133. The van der Waals surface area contributed by atoms with Crippen LogP contribution in [0, 0.1) is 0 Å². The Morgan fingerprint density at radius 2 is 0.764 bits per heavy atom. The molecule has 0 aromatic rings. The van der Waals surface area contributed by atoms with E-state index in [2.05, 4.69) is 124 Å².